The summed E-state index contributed by atoms with van der Waals surface area (Å²) in [4.78, 5) is 1.77. The van der Waals surface area contributed by atoms with Crippen LogP contribution < -0.4 is 5.73 Å². The number of nitrogens with two attached hydrogens (primary N) is 1. The maximum atomic E-state index is 12.9. The summed E-state index contributed by atoms with van der Waals surface area (Å²) in [5, 5.41) is 11.0. The van der Waals surface area contributed by atoms with Gasteiger partial charge in [-0.2, -0.15) is 13.2 Å². The number of nitrogens with zero attached hydrogens (tertiary/aromatic N) is 2. The molecule has 1 fully saturated rings. The zero-order chi connectivity index (χ0) is 14.7. The van der Waals surface area contributed by atoms with Crippen LogP contribution in [-0.2, 0) is 0 Å². The molecule has 0 aromatic heterocycles. The Labute approximate surface area is 111 Å². The first-order valence-electron chi connectivity index (χ1n) is 6.54. The fourth-order valence-corrected chi connectivity index (χ4v) is 2.70. The Kier molecular flexibility index (Phi) is 5.06. The molecule has 0 radical (unpaired) electrons. The van der Waals surface area contributed by atoms with Crippen molar-refractivity contribution < 1.29 is 18.4 Å². The molecule has 1 heterocycles. The average molecular weight is 281 g/mol. The molecule has 7 heteroatoms. The van der Waals surface area contributed by atoms with Crippen molar-refractivity contribution in [2.24, 2.45) is 22.2 Å². The maximum absolute atomic E-state index is 12.9. The second-order valence-electron chi connectivity index (χ2n) is 5.31. The van der Waals surface area contributed by atoms with Crippen molar-refractivity contribution in [3.63, 3.8) is 0 Å². The summed E-state index contributed by atoms with van der Waals surface area (Å²) < 4.78 is 38.6. The van der Waals surface area contributed by atoms with Gasteiger partial charge in [-0.25, -0.2) is 0 Å². The van der Waals surface area contributed by atoms with Gasteiger partial charge in [0.05, 0.1) is 0 Å². The van der Waals surface area contributed by atoms with Crippen LogP contribution in [-0.4, -0.2) is 41.8 Å². The Bertz CT molecular complexity index is 327. The fraction of sp³-hybridized carbons (Fsp3) is 0.917. The minimum Gasteiger partial charge on any atom is -0.409 e. The van der Waals surface area contributed by atoms with Gasteiger partial charge in [0.1, 0.15) is 5.92 Å². The van der Waals surface area contributed by atoms with E-state index in [9.17, 15) is 13.2 Å². The van der Waals surface area contributed by atoms with E-state index in [2.05, 4.69) is 19.0 Å². The number of hydrogen-bond donors (Lipinski definition) is 2. The largest absolute Gasteiger partial charge is 0.409 e. The summed E-state index contributed by atoms with van der Waals surface area (Å²) in [5.41, 5.74) is 5.28. The van der Waals surface area contributed by atoms with Crippen molar-refractivity contribution in [1.82, 2.24) is 4.90 Å². The molecule has 1 rings (SSSR count). The van der Waals surface area contributed by atoms with Gasteiger partial charge in [0.2, 0.25) is 0 Å². The molecule has 4 nitrogen and oxygen atoms in total. The predicted octanol–water partition coefficient (Wildman–Crippen LogP) is 2.42. The van der Waals surface area contributed by atoms with E-state index in [-0.39, 0.29) is 12.0 Å². The third-order valence-corrected chi connectivity index (χ3v) is 4.33. The van der Waals surface area contributed by atoms with Crippen LogP contribution in [0.4, 0.5) is 13.2 Å². The summed E-state index contributed by atoms with van der Waals surface area (Å²) >= 11 is 0. The Morgan fingerprint density at radius 3 is 2.37 bits per heavy atom. The van der Waals surface area contributed by atoms with E-state index in [0.717, 1.165) is 19.3 Å². The van der Waals surface area contributed by atoms with Crippen molar-refractivity contribution >= 4 is 5.84 Å². The van der Waals surface area contributed by atoms with E-state index < -0.39 is 17.9 Å². The zero-order valence-corrected chi connectivity index (χ0v) is 11.4. The smallest absolute Gasteiger partial charge is 0.400 e. The second kappa shape index (κ2) is 5.98. The number of rotatable bonds is 5. The van der Waals surface area contributed by atoms with Crippen molar-refractivity contribution in [2.75, 3.05) is 19.6 Å². The highest BCUT2D eigenvalue weighted by Crippen LogP contribution is 2.38. The molecule has 19 heavy (non-hydrogen) atoms. The molecule has 3 N–H and O–H groups in total. The monoisotopic (exact) mass is 281 g/mol. The lowest BCUT2D eigenvalue weighted by atomic mass is 9.82. The highest BCUT2D eigenvalue weighted by molar-refractivity contribution is 5.83. The molecule has 0 amide bonds. The topological polar surface area (TPSA) is 61.8 Å². The molecule has 1 aliphatic rings. The van der Waals surface area contributed by atoms with E-state index in [1.807, 2.05) is 0 Å². The quantitative estimate of drug-likeness (QED) is 0.352. The van der Waals surface area contributed by atoms with Crippen molar-refractivity contribution in [1.29, 1.82) is 0 Å². The lowest BCUT2D eigenvalue weighted by Crippen LogP contribution is -2.44. The molecule has 0 aromatic rings. The summed E-state index contributed by atoms with van der Waals surface area (Å²) in [7, 11) is 0. The third kappa shape index (κ3) is 3.75. The fourth-order valence-electron chi connectivity index (χ4n) is 2.70. The molecule has 0 aromatic carbocycles. The molecule has 1 aliphatic heterocycles. The van der Waals surface area contributed by atoms with Gasteiger partial charge in [0.15, 0.2) is 5.84 Å². The minimum atomic E-state index is -4.49. The lowest BCUT2D eigenvalue weighted by molar-refractivity contribution is -0.159. The molecular formula is C12H22F3N3O. The van der Waals surface area contributed by atoms with Crippen LogP contribution in [0.15, 0.2) is 5.16 Å². The van der Waals surface area contributed by atoms with Gasteiger partial charge < -0.3 is 15.8 Å². The molecule has 1 saturated heterocycles. The molecule has 0 saturated carbocycles. The van der Waals surface area contributed by atoms with Gasteiger partial charge in [-0.1, -0.05) is 19.0 Å². The van der Waals surface area contributed by atoms with Crippen LogP contribution in [0, 0.1) is 11.3 Å². The Hall–Kier alpha value is -0.980. The Morgan fingerprint density at radius 2 is 2.00 bits per heavy atom. The van der Waals surface area contributed by atoms with Crippen LogP contribution in [0.3, 0.4) is 0 Å². The molecule has 112 valence electrons. The number of likely N-dealkylation sites (tertiary alicyclic amines) is 1. The lowest BCUT2D eigenvalue weighted by Gasteiger charge is -2.28. The number of amidine groups is 1. The second-order valence-corrected chi connectivity index (χ2v) is 5.31. The number of oxime groups is 1. The van der Waals surface area contributed by atoms with Gasteiger partial charge in [-0.3, -0.25) is 0 Å². The summed E-state index contributed by atoms with van der Waals surface area (Å²) in [6, 6.07) is 0. The molecular weight excluding hydrogens is 259 g/mol. The van der Waals surface area contributed by atoms with E-state index in [0.29, 0.717) is 13.1 Å². The van der Waals surface area contributed by atoms with Gasteiger partial charge in [-0.15, -0.1) is 0 Å². The summed E-state index contributed by atoms with van der Waals surface area (Å²) in [6.07, 6.45) is -1.67. The summed E-state index contributed by atoms with van der Waals surface area (Å²) in [6.45, 7) is 5.18. The summed E-state index contributed by atoms with van der Waals surface area (Å²) in [5.74, 6) is -2.67. The number of hydrogen-bond acceptors (Lipinski definition) is 3. The zero-order valence-electron chi connectivity index (χ0n) is 11.4. The van der Waals surface area contributed by atoms with Crippen LogP contribution in [0.2, 0.25) is 0 Å². The predicted molar refractivity (Wildman–Crippen MR) is 67.0 cm³/mol. The van der Waals surface area contributed by atoms with Crippen LogP contribution in [0.1, 0.15) is 33.1 Å². The molecule has 0 spiro atoms. The van der Waals surface area contributed by atoms with E-state index >= 15 is 0 Å². The molecule has 0 bridgehead atoms. The van der Waals surface area contributed by atoms with E-state index in [1.54, 1.807) is 4.90 Å². The third-order valence-electron chi connectivity index (χ3n) is 4.33. The minimum absolute atomic E-state index is 0.112. The van der Waals surface area contributed by atoms with Gasteiger partial charge in [0, 0.05) is 13.1 Å². The molecule has 1 unspecified atom stereocenters. The first kappa shape index (κ1) is 16.1. The van der Waals surface area contributed by atoms with Crippen LogP contribution >= 0.6 is 0 Å². The number of alkyl halides is 3. The van der Waals surface area contributed by atoms with Gasteiger partial charge in [0.25, 0.3) is 0 Å². The first-order chi connectivity index (χ1) is 8.78. The number of halogens is 3. The Balaban J connectivity index is 2.73. The van der Waals surface area contributed by atoms with E-state index in [4.69, 9.17) is 10.9 Å². The van der Waals surface area contributed by atoms with Crippen LogP contribution in [0.5, 0.6) is 0 Å². The van der Waals surface area contributed by atoms with Crippen LogP contribution in [0.25, 0.3) is 0 Å². The van der Waals surface area contributed by atoms with Crippen molar-refractivity contribution in [2.45, 2.75) is 39.3 Å². The molecule has 0 aliphatic carbocycles. The van der Waals surface area contributed by atoms with Gasteiger partial charge in [-0.05, 0) is 31.2 Å². The average Bonchev–Trinajstić information content (AvgIpc) is 2.78. The highest BCUT2D eigenvalue weighted by atomic mass is 19.4. The Morgan fingerprint density at radius 1 is 1.42 bits per heavy atom. The normalized spacial score (nSPS) is 22.7. The van der Waals surface area contributed by atoms with Gasteiger partial charge >= 0.3 is 6.18 Å². The highest BCUT2D eigenvalue weighted by Gasteiger charge is 2.45. The van der Waals surface area contributed by atoms with Crippen molar-refractivity contribution in [3.05, 3.63) is 0 Å². The first-order valence-corrected chi connectivity index (χ1v) is 6.54. The maximum Gasteiger partial charge on any atom is 0.400 e. The SMILES string of the molecule is CCC1(CC)CCN(CC(C(N)=NO)C(F)(F)F)C1. The van der Waals surface area contributed by atoms with E-state index in [1.165, 1.54) is 0 Å². The van der Waals surface area contributed by atoms with Crippen molar-refractivity contribution in [3.8, 4) is 0 Å². The molecule has 1 atom stereocenters. The standard InChI is InChI=1S/C12H22F3N3O/c1-3-11(4-2)5-6-18(8-11)7-9(10(16)17-19)12(13,14)15/h9,19H,3-8H2,1-2H3,(H2,16,17).